The summed E-state index contributed by atoms with van der Waals surface area (Å²) in [6, 6.07) is 90.5. The van der Waals surface area contributed by atoms with Gasteiger partial charge in [0, 0.05) is 49.7 Å². The normalized spacial score (nSPS) is 11.7. The molecule has 0 atom stereocenters. The fraction of sp³-hybridized carbons (Fsp3) is 0. The predicted octanol–water partition coefficient (Wildman–Crippen LogP) is 17.0. The zero-order chi connectivity index (χ0) is 42.8. The molecular formula is C62H41N3. The van der Waals surface area contributed by atoms with Crippen molar-refractivity contribution in [2.24, 2.45) is 0 Å². The van der Waals surface area contributed by atoms with Crippen LogP contribution >= 0.6 is 0 Å². The van der Waals surface area contributed by atoms with Crippen molar-refractivity contribution in [2.45, 2.75) is 0 Å². The summed E-state index contributed by atoms with van der Waals surface area (Å²) in [5, 5.41) is 10.0. The highest BCUT2D eigenvalue weighted by atomic mass is 15.1. The Morgan fingerprint density at radius 2 is 0.662 bits per heavy atom. The van der Waals surface area contributed by atoms with Gasteiger partial charge in [-0.05, 0) is 129 Å². The molecule has 0 aliphatic carbocycles. The summed E-state index contributed by atoms with van der Waals surface area (Å²) < 4.78 is 4.87. The monoisotopic (exact) mass is 827 g/mol. The zero-order valence-electron chi connectivity index (χ0n) is 35.5. The molecule has 2 heterocycles. The predicted molar refractivity (Wildman–Crippen MR) is 276 cm³/mol. The summed E-state index contributed by atoms with van der Waals surface area (Å²) in [5.41, 5.74) is 15.3. The highest BCUT2D eigenvalue weighted by Crippen LogP contribution is 2.41. The summed E-state index contributed by atoms with van der Waals surface area (Å²) in [6.07, 6.45) is 0. The molecule has 0 radical (unpaired) electrons. The van der Waals surface area contributed by atoms with Gasteiger partial charge in [0.05, 0.1) is 27.8 Å². The number of para-hydroxylation sites is 4. The van der Waals surface area contributed by atoms with E-state index in [0.29, 0.717) is 0 Å². The van der Waals surface area contributed by atoms with Gasteiger partial charge in [-0.3, -0.25) is 0 Å². The van der Waals surface area contributed by atoms with Crippen LogP contribution in [0.25, 0.3) is 98.8 Å². The van der Waals surface area contributed by atoms with E-state index in [1.807, 2.05) is 0 Å². The molecule has 0 saturated heterocycles. The quantitative estimate of drug-likeness (QED) is 0.146. The SMILES string of the molecule is c1ccc(N(c2ccccc2)c2ccc(-c3ccc(-n4c5ccccc5c5cc(-c6ccc7c(c6)c6ccccc6n7-c6cc7ccccc7c7ccccc67)ccc54)cc3)cc2)cc1. The highest BCUT2D eigenvalue weighted by molar-refractivity contribution is 6.16. The maximum absolute atomic E-state index is 2.46. The molecule has 2 aromatic heterocycles. The third-order valence-corrected chi connectivity index (χ3v) is 13.3. The van der Waals surface area contributed by atoms with Crippen LogP contribution < -0.4 is 4.90 Å². The largest absolute Gasteiger partial charge is 0.311 e. The molecule has 304 valence electrons. The van der Waals surface area contributed by atoms with E-state index >= 15 is 0 Å². The van der Waals surface area contributed by atoms with E-state index in [9.17, 15) is 0 Å². The third kappa shape index (κ3) is 6.05. The first-order valence-electron chi connectivity index (χ1n) is 22.3. The molecule has 0 N–H and O–H groups in total. The first-order valence-corrected chi connectivity index (χ1v) is 22.3. The minimum absolute atomic E-state index is 1.12. The third-order valence-electron chi connectivity index (χ3n) is 13.3. The number of hydrogen-bond acceptors (Lipinski definition) is 1. The maximum atomic E-state index is 2.46. The van der Waals surface area contributed by atoms with Crippen LogP contribution in [0.5, 0.6) is 0 Å². The fourth-order valence-corrected chi connectivity index (χ4v) is 10.3. The van der Waals surface area contributed by atoms with E-state index < -0.39 is 0 Å². The molecule has 0 fully saturated rings. The van der Waals surface area contributed by atoms with Crippen molar-refractivity contribution in [3.05, 3.63) is 249 Å². The lowest BCUT2D eigenvalue weighted by molar-refractivity contribution is 1.18. The van der Waals surface area contributed by atoms with Crippen LogP contribution in [-0.2, 0) is 0 Å². The van der Waals surface area contributed by atoms with E-state index in [-0.39, 0.29) is 0 Å². The Balaban J connectivity index is 0.873. The maximum Gasteiger partial charge on any atom is 0.0546 e. The van der Waals surface area contributed by atoms with E-state index in [1.165, 1.54) is 93.1 Å². The minimum atomic E-state index is 1.12. The van der Waals surface area contributed by atoms with Crippen molar-refractivity contribution < 1.29 is 0 Å². The van der Waals surface area contributed by atoms with Crippen molar-refractivity contribution in [3.8, 4) is 33.6 Å². The molecule has 0 unspecified atom stereocenters. The fourth-order valence-electron chi connectivity index (χ4n) is 10.3. The van der Waals surface area contributed by atoms with Gasteiger partial charge < -0.3 is 14.0 Å². The minimum Gasteiger partial charge on any atom is -0.311 e. The molecule has 0 aliphatic rings. The van der Waals surface area contributed by atoms with Crippen molar-refractivity contribution in [1.82, 2.24) is 9.13 Å². The van der Waals surface area contributed by atoms with Gasteiger partial charge in [0.25, 0.3) is 0 Å². The van der Waals surface area contributed by atoms with Crippen molar-refractivity contribution in [1.29, 1.82) is 0 Å². The lowest BCUT2D eigenvalue weighted by Crippen LogP contribution is -2.09. The summed E-state index contributed by atoms with van der Waals surface area (Å²) in [7, 11) is 0. The van der Waals surface area contributed by atoms with Crippen molar-refractivity contribution >= 4 is 82.2 Å². The van der Waals surface area contributed by atoms with Crippen LogP contribution in [0.15, 0.2) is 249 Å². The molecule has 3 nitrogen and oxygen atoms in total. The van der Waals surface area contributed by atoms with Gasteiger partial charge in [0.2, 0.25) is 0 Å². The van der Waals surface area contributed by atoms with Gasteiger partial charge in [0.1, 0.15) is 0 Å². The van der Waals surface area contributed by atoms with Gasteiger partial charge >= 0.3 is 0 Å². The van der Waals surface area contributed by atoms with Crippen molar-refractivity contribution in [2.75, 3.05) is 4.90 Å². The molecule has 0 bridgehead atoms. The highest BCUT2D eigenvalue weighted by Gasteiger charge is 2.19. The topological polar surface area (TPSA) is 13.1 Å². The Morgan fingerprint density at radius 3 is 1.26 bits per heavy atom. The number of nitrogens with zero attached hydrogens (tertiary/aromatic N) is 3. The number of anilines is 3. The Kier molecular flexibility index (Phi) is 8.53. The molecule has 0 aliphatic heterocycles. The van der Waals surface area contributed by atoms with Gasteiger partial charge in [-0.2, -0.15) is 0 Å². The van der Waals surface area contributed by atoms with Crippen LogP contribution in [0.3, 0.4) is 0 Å². The number of aromatic nitrogens is 2. The average molecular weight is 828 g/mol. The van der Waals surface area contributed by atoms with Crippen molar-refractivity contribution in [3.63, 3.8) is 0 Å². The number of benzene rings is 11. The molecule has 0 saturated carbocycles. The van der Waals surface area contributed by atoms with Crippen LogP contribution in [0, 0.1) is 0 Å². The first-order chi connectivity index (χ1) is 32.2. The number of fused-ring (bicyclic) bond motifs is 9. The summed E-state index contributed by atoms with van der Waals surface area (Å²) >= 11 is 0. The lowest BCUT2D eigenvalue weighted by Gasteiger charge is -2.25. The van der Waals surface area contributed by atoms with Gasteiger partial charge in [-0.1, -0.05) is 158 Å². The van der Waals surface area contributed by atoms with E-state index in [0.717, 1.165) is 22.7 Å². The molecule has 0 spiro atoms. The summed E-state index contributed by atoms with van der Waals surface area (Å²) in [5.74, 6) is 0. The van der Waals surface area contributed by atoms with Crippen LogP contribution in [0.2, 0.25) is 0 Å². The lowest BCUT2D eigenvalue weighted by atomic mass is 9.99. The Morgan fingerprint density at radius 1 is 0.246 bits per heavy atom. The average Bonchev–Trinajstić information content (AvgIpc) is 3.89. The zero-order valence-corrected chi connectivity index (χ0v) is 35.5. The molecule has 11 aromatic carbocycles. The van der Waals surface area contributed by atoms with Crippen LogP contribution in [0.1, 0.15) is 0 Å². The molecule has 3 heteroatoms. The van der Waals surface area contributed by atoms with Crippen LogP contribution in [-0.4, -0.2) is 9.13 Å². The van der Waals surface area contributed by atoms with Gasteiger partial charge in [-0.25, -0.2) is 0 Å². The molecule has 0 amide bonds. The Hall–Kier alpha value is -8.66. The first kappa shape index (κ1) is 36.9. The molecule has 65 heavy (non-hydrogen) atoms. The molecule has 13 aromatic rings. The Bertz CT molecular complexity index is 3880. The molecule has 13 rings (SSSR count). The summed E-state index contributed by atoms with van der Waals surface area (Å²) in [6.45, 7) is 0. The second kappa shape index (κ2) is 15.0. The smallest absolute Gasteiger partial charge is 0.0546 e. The van der Waals surface area contributed by atoms with Gasteiger partial charge in [-0.15, -0.1) is 0 Å². The Labute approximate surface area is 376 Å². The number of hydrogen-bond donors (Lipinski definition) is 0. The second-order valence-corrected chi connectivity index (χ2v) is 16.9. The summed E-state index contributed by atoms with van der Waals surface area (Å²) in [4.78, 5) is 2.30. The molecular weight excluding hydrogens is 787 g/mol. The number of rotatable bonds is 7. The van der Waals surface area contributed by atoms with Gasteiger partial charge in [0.15, 0.2) is 0 Å². The van der Waals surface area contributed by atoms with E-state index in [2.05, 4.69) is 263 Å². The second-order valence-electron chi connectivity index (χ2n) is 16.9. The standard InChI is InChI=1S/C62H41N3/c1-3-16-47(17-4-1)63(48-18-5-2-6-19-48)49-33-27-42(28-34-49)43-29-35-50(36-30-43)64-58-25-13-11-23-54(58)56-39-44(31-37-60(56)64)45-32-38-61-57(40-45)55-24-12-14-26-59(55)65(61)62-41-46-15-7-8-20-51(46)52-21-9-10-22-53(52)62/h1-41H. The van der Waals surface area contributed by atoms with Crippen LogP contribution in [0.4, 0.5) is 17.1 Å². The van der Waals surface area contributed by atoms with E-state index in [1.54, 1.807) is 0 Å². The van der Waals surface area contributed by atoms with E-state index in [4.69, 9.17) is 0 Å².